The Balaban J connectivity index is 3.10. The zero-order valence-corrected chi connectivity index (χ0v) is 12.4. The maximum Gasteiger partial charge on any atom is 0.242 e. The summed E-state index contributed by atoms with van der Waals surface area (Å²) < 4.78 is 40.7. The minimum atomic E-state index is -3.91. The van der Waals surface area contributed by atoms with E-state index in [1.54, 1.807) is 32.0 Å². The van der Waals surface area contributed by atoms with Gasteiger partial charge < -0.3 is 5.11 Å². The van der Waals surface area contributed by atoms with E-state index in [0.29, 0.717) is 12.5 Å². The second-order valence-electron chi connectivity index (χ2n) is 4.73. The lowest BCUT2D eigenvalue weighted by Crippen LogP contribution is -2.52. The Kier molecular flexibility index (Phi) is 5.44. The molecule has 0 aliphatic carbocycles. The van der Waals surface area contributed by atoms with Gasteiger partial charge >= 0.3 is 0 Å². The molecule has 3 atom stereocenters. The van der Waals surface area contributed by atoms with Crippen LogP contribution in [0.1, 0.15) is 20.3 Å². The molecule has 0 aliphatic rings. The van der Waals surface area contributed by atoms with Crippen LogP contribution in [0.25, 0.3) is 0 Å². The molecule has 1 aromatic rings. The number of nitrogens with one attached hydrogen (secondary N) is 1. The molecule has 0 spiro atoms. The van der Waals surface area contributed by atoms with Gasteiger partial charge in [0, 0.05) is 0 Å². The molecule has 2 N–H and O–H groups in total. The Hall–Kier alpha value is -1.24. The van der Waals surface area contributed by atoms with E-state index in [9.17, 15) is 17.9 Å². The molecule has 0 saturated heterocycles. The maximum absolute atomic E-state index is 14.1. The van der Waals surface area contributed by atoms with Crippen LogP contribution in [0.5, 0.6) is 0 Å². The van der Waals surface area contributed by atoms with Gasteiger partial charge in [-0.05, 0) is 24.1 Å². The van der Waals surface area contributed by atoms with Crippen molar-refractivity contribution in [2.45, 2.75) is 37.1 Å². The van der Waals surface area contributed by atoms with Crippen molar-refractivity contribution in [2.75, 3.05) is 0 Å². The lowest BCUT2D eigenvalue weighted by molar-refractivity contribution is -0.0798. The van der Waals surface area contributed by atoms with Gasteiger partial charge in [0.1, 0.15) is 0 Å². The van der Waals surface area contributed by atoms with E-state index in [4.69, 9.17) is 0 Å². The number of aliphatic hydroxyl groups is 1. The molecule has 20 heavy (non-hydrogen) atoms. The fourth-order valence-corrected chi connectivity index (χ4v) is 3.18. The lowest BCUT2D eigenvalue weighted by Gasteiger charge is -2.31. The topological polar surface area (TPSA) is 66.4 Å². The van der Waals surface area contributed by atoms with Crippen LogP contribution in [0.15, 0.2) is 47.9 Å². The van der Waals surface area contributed by atoms with Crippen molar-refractivity contribution in [1.82, 2.24) is 4.72 Å². The van der Waals surface area contributed by atoms with Gasteiger partial charge in [-0.25, -0.2) is 17.5 Å². The number of alkyl halides is 1. The zero-order chi connectivity index (χ0) is 15.4. The first-order valence-corrected chi connectivity index (χ1v) is 7.85. The molecule has 0 radical (unpaired) electrons. The Labute approximate surface area is 119 Å². The van der Waals surface area contributed by atoms with Crippen molar-refractivity contribution in [1.29, 1.82) is 0 Å². The highest BCUT2D eigenvalue weighted by atomic mass is 32.2. The smallest absolute Gasteiger partial charge is 0.242 e. The summed E-state index contributed by atoms with van der Waals surface area (Å²) in [6, 6.07) is 6.34. The average molecular weight is 301 g/mol. The largest absolute Gasteiger partial charge is 0.357 e. The minimum Gasteiger partial charge on any atom is -0.357 e. The summed E-state index contributed by atoms with van der Waals surface area (Å²) in [5, 5.41) is 9.68. The van der Waals surface area contributed by atoms with Crippen LogP contribution in [0.3, 0.4) is 0 Å². The Morgan fingerprint density at radius 2 is 2.00 bits per heavy atom. The average Bonchev–Trinajstić information content (AvgIpc) is 2.45. The molecule has 0 aliphatic heterocycles. The summed E-state index contributed by atoms with van der Waals surface area (Å²) in [6.07, 6.45) is 1.21. The number of hydrogen-bond acceptors (Lipinski definition) is 3. The summed E-state index contributed by atoms with van der Waals surface area (Å²) in [6.45, 7) is 6.66. The lowest BCUT2D eigenvalue weighted by atomic mass is 9.94. The van der Waals surface area contributed by atoms with E-state index in [-0.39, 0.29) is 4.90 Å². The van der Waals surface area contributed by atoms with Gasteiger partial charge in [-0.3, -0.25) is 0 Å². The summed E-state index contributed by atoms with van der Waals surface area (Å²) in [5.74, 6) is -3.21. The molecule has 0 unspecified atom stereocenters. The van der Waals surface area contributed by atoms with Gasteiger partial charge in [-0.1, -0.05) is 45.0 Å². The predicted molar refractivity (Wildman–Crippen MR) is 76.3 cm³/mol. The van der Waals surface area contributed by atoms with Crippen molar-refractivity contribution < 1.29 is 17.9 Å². The first-order valence-electron chi connectivity index (χ1n) is 6.37. The molecule has 0 aromatic heterocycles. The molecule has 1 aromatic carbocycles. The third kappa shape index (κ3) is 3.88. The summed E-state index contributed by atoms with van der Waals surface area (Å²) in [7, 11) is -3.91. The van der Waals surface area contributed by atoms with Crippen LogP contribution < -0.4 is 4.72 Å². The monoisotopic (exact) mass is 301 g/mol. The van der Waals surface area contributed by atoms with Crippen molar-refractivity contribution in [3.8, 4) is 0 Å². The van der Waals surface area contributed by atoms with Crippen LogP contribution >= 0.6 is 0 Å². The normalized spacial score (nSPS) is 18.0. The third-order valence-electron chi connectivity index (χ3n) is 3.27. The molecule has 112 valence electrons. The molecule has 1 rings (SSSR count). The SMILES string of the molecule is C=C[C@](O)(F)[C@@H](NS(=O)(=O)c1ccccc1)[C@@H](C)CC. The predicted octanol–water partition coefficient (Wildman–Crippen LogP) is 2.22. The Bertz CT molecular complexity index is 543. The Morgan fingerprint density at radius 3 is 2.45 bits per heavy atom. The molecular weight excluding hydrogens is 281 g/mol. The number of rotatable bonds is 7. The molecule has 0 heterocycles. The number of sulfonamides is 1. The van der Waals surface area contributed by atoms with Crippen molar-refractivity contribution in [2.24, 2.45) is 5.92 Å². The van der Waals surface area contributed by atoms with Crippen molar-refractivity contribution in [3.05, 3.63) is 43.0 Å². The first-order chi connectivity index (χ1) is 9.24. The summed E-state index contributed by atoms with van der Waals surface area (Å²) in [5.41, 5.74) is 0. The second kappa shape index (κ2) is 6.47. The molecule has 0 saturated carbocycles. The summed E-state index contributed by atoms with van der Waals surface area (Å²) in [4.78, 5) is 0.0214. The molecule has 0 fully saturated rings. The Morgan fingerprint density at radius 1 is 1.45 bits per heavy atom. The van der Waals surface area contributed by atoms with E-state index >= 15 is 0 Å². The second-order valence-corrected chi connectivity index (χ2v) is 6.44. The molecule has 4 nitrogen and oxygen atoms in total. The highest BCUT2D eigenvalue weighted by Gasteiger charge is 2.40. The number of benzene rings is 1. The third-order valence-corrected chi connectivity index (χ3v) is 4.73. The molecule has 6 heteroatoms. The van der Waals surface area contributed by atoms with Gasteiger partial charge in [0.05, 0.1) is 10.9 Å². The fourth-order valence-electron chi connectivity index (χ4n) is 1.80. The minimum absolute atomic E-state index is 0.0214. The highest BCUT2D eigenvalue weighted by Crippen LogP contribution is 2.25. The van der Waals surface area contributed by atoms with Gasteiger partial charge in [0.25, 0.3) is 0 Å². The molecule has 0 bridgehead atoms. The van der Waals surface area contributed by atoms with Gasteiger partial charge in [0.2, 0.25) is 15.9 Å². The van der Waals surface area contributed by atoms with E-state index < -0.39 is 27.8 Å². The quantitative estimate of drug-likeness (QED) is 0.759. The van der Waals surface area contributed by atoms with Crippen LogP contribution in [0.4, 0.5) is 4.39 Å². The van der Waals surface area contributed by atoms with Crippen LogP contribution in [0, 0.1) is 5.92 Å². The molecular formula is C14H20FNO3S. The van der Waals surface area contributed by atoms with Crippen LogP contribution in [-0.2, 0) is 10.0 Å². The maximum atomic E-state index is 14.1. The van der Waals surface area contributed by atoms with Crippen molar-refractivity contribution >= 4 is 10.0 Å². The van der Waals surface area contributed by atoms with Gasteiger partial charge in [-0.15, -0.1) is 0 Å². The summed E-state index contributed by atoms with van der Waals surface area (Å²) >= 11 is 0. The zero-order valence-electron chi connectivity index (χ0n) is 11.6. The standard InChI is InChI=1S/C14H20FNO3S/c1-4-11(3)13(14(15,17)5-2)16-20(18,19)12-9-7-6-8-10-12/h5-11,13,16-17H,2,4H2,1,3H3/t11-,13-,14+/m0/s1. The highest BCUT2D eigenvalue weighted by molar-refractivity contribution is 7.89. The van der Waals surface area contributed by atoms with E-state index in [0.717, 1.165) is 0 Å². The van der Waals surface area contributed by atoms with E-state index in [1.165, 1.54) is 12.1 Å². The van der Waals surface area contributed by atoms with E-state index in [2.05, 4.69) is 11.3 Å². The van der Waals surface area contributed by atoms with Crippen molar-refractivity contribution in [3.63, 3.8) is 0 Å². The first kappa shape index (κ1) is 16.8. The fraction of sp³-hybridized carbons (Fsp3) is 0.429. The van der Waals surface area contributed by atoms with Crippen LogP contribution in [-0.4, -0.2) is 25.4 Å². The van der Waals surface area contributed by atoms with Gasteiger partial charge in [-0.2, -0.15) is 0 Å². The van der Waals surface area contributed by atoms with Crippen LogP contribution in [0.2, 0.25) is 0 Å². The van der Waals surface area contributed by atoms with Gasteiger partial charge in [0.15, 0.2) is 0 Å². The number of halogens is 1. The molecule has 0 amide bonds. The van der Waals surface area contributed by atoms with E-state index in [1.807, 2.05) is 0 Å². The number of hydrogen-bond donors (Lipinski definition) is 2.